The van der Waals surface area contributed by atoms with Gasteiger partial charge in [-0.3, -0.25) is 0 Å². The number of hydrogen-bond donors (Lipinski definition) is 2. The minimum Gasteiger partial charge on any atom is -0.357 e. The van der Waals surface area contributed by atoms with Gasteiger partial charge in [0.1, 0.15) is 0 Å². The number of rotatable bonds is 6. The molecule has 0 saturated carbocycles. The van der Waals surface area contributed by atoms with Crippen molar-refractivity contribution in [1.82, 2.24) is 15.2 Å². The molecule has 0 unspecified atom stereocenters. The van der Waals surface area contributed by atoms with Crippen LogP contribution in [0, 0.1) is 0 Å². The van der Waals surface area contributed by atoms with Gasteiger partial charge in [0.15, 0.2) is 5.96 Å². The SMILES string of the molecule is CCNC(=NCc1ccn(C)c1)NCCSC.I. The van der Waals surface area contributed by atoms with Gasteiger partial charge in [-0.05, 0) is 24.8 Å². The Balaban J connectivity index is 0.00000289. The van der Waals surface area contributed by atoms with Crippen molar-refractivity contribution in [2.45, 2.75) is 13.5 Å². The summed E-state index contributed by atoms with van der Waals surface area (Å²) in [5.41, 5.74) is 1.23. The normalized spacial score (nSPS) is 10.9. The summed E-state index contributed by atoms with van der Waals surface area (Å²) in [6, 6.07) is 2.09. The smallest absolute Gasteiger partial charge is 0.191 e. The minimum atomic E-state index is 0. The Morgan fingerprint density at radius 2 is 2.22 bits per heavy atom. The standard InChI is InChI=1S/C12H22N4S.HI/c1-4-13-12(14-6-8-17-3)15-9-11-5-7-16(2)10-11;/h5,7,10H,4,6,8-9H2,1-3H3,(H2,13,14,15);1H. The van der Waals surface area contributed by atoms with E-state index in [1.807, 2.05) is 29.6 Å². The van der Waals surface area contributed by atoms with Crippen molar-refractivity contribution >= 4 is 41.7 Å². The number of halogens is 1. The monoisotopic (exact) mass is 382 g/mol. The number of aromatic nitrogens is 1. The fraction of sp³-hybridized carbons (Fsp3) is 0.583. The van der Waals surface area contributed by atoms with Gasteiger partial charge in [-0.25, -0.2) is 4.99 Å². The van der Waals surface area contributed by atoms with Crippen molar-refractivity contribution in [3.63, 3.8) is 0 Å². The Kier molecular flexibility index (Phi) is 10.3. The molecule has 6 heteroatoms. The molecule has 2 N–H and O–H groups in total. The molecule has 0 aliphatic heterocycles. The lowest BCUT2D eigenvalue weighted by Crippen LogP contribution is -2.38. The molecule has 0 spiro atoms. The van der Waals surface area contributed by atoms with E-state index in [1.165, 1.54) is 5.56 Å². The lowest BCUT2D eigenvalue weighted by molar-refractivity contribution is 0.841. The molecule has 0 atom stereocenters. The van der Waals surface area contributed by atoms with Crippen LogP contribution in [0.2, 0.25) is 0 Å². The zero-order chi connectivity index (χ0) is 12.5. The van der Waals surface area contributed by atoms with Crippen molar-refractivity contribution in [3.8, 4) is 0 Å². The van der Waals surface area contributed by atoms with Crippen LogP contribution in [-0.2, 0) is 13.6 Å². The maximum absolute atomic E-state index is 4.54. The van der Waals surface area contributed by atoms with Crippen LogP contribution in [0.3, 0.4) is 0 Å². The highest BCUT2D eigenvalue weighted by atomic mass is 127. The molecule has 4 nitrogen and oxygen atoms in total. The van der Waals surface area contributed by atoms with Crippen LogP contribution in [0.1, 0.15) is 12.5 Å². The molecule has 0 aromatic carbocycles. The molecule has 1 rings (SSSR count). The Hall–Kier alpha value is -0.370. The van der Waals surface area contributed by atoms with Crippen LogP contribution >= 0.6 is 35.7 Å². The van der Waals surface area contributed by atoms with Gasteiger partial charge in [-0.1, -0.05) is 0 Å². The van der Waals surface area contributed by atoms with Crippen molar-refractivity contribution in [1.29, 1.82) is 0 Å². The average molecular weight is 382 g/mol. The number of nitrogens with one attached hydrogen (secondary N) is 2. The number of nitrogens with zero attached hydrogens (tertiary/aromatic N) is 2. The van der Waals surface area contributed by atoms with E-state index in [0.717, 1.165) is 31.3 Å². The number of hydrogen-bond acceptors (Lipinski definition) is 2. The molecule has 0 saturated heterocycles. The zero-order valence-electron chi connectivity index (χ0n) is 11.3. The predicted molar refractivity (Wildman–Crippen MR) is 92.0 cm³/mol. The fourth-order valence-electron chi connectivity index (χ4n) is 1.44. The van der Waals surface area contributed by atoms with Crippen molar-refractivity contribution < 1.29 is 0 Å². The second kappa shape index (κ2) is 10.5. The van der Waals surface area contributed by atoms with Crippen LogP contribution in [-0.4, -0.2) is 35.6 Å². The van der Waals surface area contributed by atoms with E-state index in [-0.39, 0.29) is 24.0 Å². The maximum atomic E-state index is 4.54. The lowest BCUT2D eigenvalue weighted by atomic mass is 10.3. The molecule has 0 radical (unpaired) electrons. The molecule has 0 aliphatic carbocycles. The first-order chi connectivity index (χ1) is 8.26. The van der Waals surface area contributed by atoms with Crippen LogP contribution < -0.4 is 10.6 Å². The average Bonchev–Trinajstić information content (AvgIpc) is 2.72. The number of thioether (sulfide) groups is 1. The predicted octanol–water partition coefficient (Wildman–Crippen LogP) is 2.06. The summed E-state index contributed by atoms with van der Waals surface area (Å²) in [5, 5.41) is 6.55. The van der Waals surface area contributed by atoms with Gasteiger partial charge in [0, 0.05) is 38.3 Å². The first-order valence-corrected chi connectivity index (χ1v) is 7.27. The minimum absolute atomic E-state index is 0. The third-order valence-electron chi connectivity index (χ3n) is 2.26. The molecule has 1 aromatic rings. The van der Waals surface area contributed by atoms with Gasteiger partial charge in [0.2, 0.25) is 0 Å². The Morgan fingerprint density at radius 1 is 1.44 bits per heavy atom. The molecule has 1 heterocycles. The van der Waals surface area contributed by atoms with Crippen LogP contribution in [0.5, 0.6) is 0 Å². The fourth-order valence-corrected chi connectivity index (χ4v) is 1.74. The first-order valence-electron chi connectivity index (χ1n) is 5.88. The summed E-state index contributed by atoms with van der Waals surface area (Å²) in [7, 11) is 2.02. The van der Waals surface area contributed by atoms with Crippen molar-refractivity contribution in [2.24, 2.45) is 12.0 Å². The largest absolute Gasteiger partial charge is 0.357 e. The number of guanidine groups is 1. The van der Waals surface area contributed by atoms with Crippen molar-refractivity contribution in [3.05, 3.63) is 24.0 Å². The van der Waals surface area contributed by atoms with Gasteiger partial charge in [-0.15, -0.1) is 24.0 Å². The first kappa shape index (κ1) is 17.6. The summed E-state index contributed by atoms with van der Waals surface area (Å²) in [4.78, 5) is 4.54. The van der Waals surface area contributed by atoms with Gasteiger partial charge in [-0.2, -0.15) is 11.8 Å². The quantitative estimate of drug-likeness (QED) is 0.343. The number of aliphatic imine (C=N–C) groups is 1. The summed E-state index contributed by atoms with van der Waals surface area (Å²) >= 11 is 1.83. The second-order valence-electron chi connectivity index (χ2n) is 3.80. The van der Waals surface area contributed by atoms with E-state index in [0.29, 0.717) is 0 Å². The van der Waals surface area contributed by atoms with E-state index in [4.69, 9.17) is 0 Å². The lowest BCUT2D eigenvalue weighted by Gasteiger charge is -2.10. The van der Waals surface area contributed by atoms with Crippen LogP contribution in [0.4, 0.5) is 0 Å². The Morgan fingerprint density at radius 3 is 2.78 bits per heavy atom. The highest BCUT2D eigenvalue weighted by molar-refractivity contribution is 14.0. The molecule has 0 aliphatic rings. The molecule has 0 bridgehead atoms. The maximum Gasteiger partial charge on any atom is 0.191 e. The molecule has 0 amide bonds. The third-order valence-corrected chi connectivity index (χ3v) is 2.87. The van der Waals surface area contributed by atoms with Gasteiger partial charge >= 0.3 is 0 Å². The van der Waals surface area contributed by atoms with Gasteiger partial charge in [0.25, 0.3) is 0 Å². The molecular weight excluding hydrogens is 359 g/mol. The number of aryl methyl sites for hydroxylation is 1. The van der Waals surface area contributed by atoms with Crippen LogP contribution in [0.15, 0.2) is 23.5 Å². The second-order valence-corrected chi connectivity index (χ2v) is 4.79. The van der Waals surface area contributed by atoms with E-state index in [2.05, 4.69) is 41.1 Å². The summed E-state index contributed by atoms with van der Waals surface area (Å²) in [5.74, 6) is 1.99. The van der Waals surface area contributed by atoms with Crippen molar-refractivity contribution in [2.75, 3.05) is 25.1 Å². The summed E-state index contributed by atoms with van der Waals surface area (Å²) < 4.78 is 2.04. The molecule has 1 aromatic heterocycles. The highest BCUT2D eigenvalue weighted by Gasteiger charge is 1.97. The molecule has 104 valence electrons. The topological polar surface area (TPSA) is 41.4 Å². The van der Waals surface area contributed by atoms with Gasteiger partial charge < -0.3 is 15.2 Å². The Labute approximate surface area is 131 Å². The molecular formula is C12H23IN4S. The van der Waals surface area contributed by atoms with Crippen LogP contribution in [0.25, 0.3) is 0 Å². The molecule has 0 fully saturated rings. The molecule has 18 heavy (non-hydrogen) atoms. The Bertz CT molecular complexity index is 352. The summed E-state index contributed by atoms with van der Waals surface area (Å²) in [6.45, 7) is 4.63. The zero-order valence-corrected chi connectivity index (χ0v) is 14.4. The van der Waals surface area contributed by atoms with E-state index in [9.17, 15) is 0 Å². The van der Waals surface area contributed by atoms with E-state index in [1.54, 1.807) is 0 Å². The van der Waals surface area contributed by atoms with Gasteiger partial charge in [0.05, 0.1) is 6.54 Å². The summed E-state index contributed by atoms with van der Waals surface area (Å²) in [6.07, 6.45) is 6.24. The van der Waals surface area contributed by atoms with E-state index >= 15 is 0 Å². The van der Waals surface area contributed by atoms with E-state index < -0.39 is 0 Å². The highest BCUT2D eigenvalue weighted by Crippen LogP contribution is 2.00. The third kappa shape index (κ3) is 7.15.